The third-order valence-corrected chi connectivity index (χ3v) is 5.15. The molecule has 0 atom stereocenters. The summed E-state index contributed by atoms with van der Waals surface area (Å²) in [6.45, 7) is 1.17. The van der Waals surface area contributed by atoms with Crippen LogP contribution in [0.2, 0.25) is 12.6 Å². The highest BCUT2D eigenvalue weighted by molar-refractivity contribution is 6.67. The number of benzene rings is 1. The second-order valence-corrected chi connectivity index (χ2v) is 7.12. The number of nitrogens with one attached hydrogen (secondary N) is 1. The smallest absolute Gasteiger partial charge is 0.344 e. The lowest BCUT2D eigenvalue weighted by Gasteiger charge is -2.27. The lowest BCUT2D eigenvalue weighted by Crippen LogP contribution is -2.37. The van der Waals surface area contributed by atoms with Gasteiger partial charge in [-0.2, -0.15) is 17.6 Å². The van der Waals surface area contributed by atoms with Gasteiger partial charge in [-0.15, -0.1) is 0 Å². The Balaban J connectivity index is 1.79. The van der Waals surface area contributed by atoms with Crippen molar-refractivity contribution in [3.05, 3.63) is 54.1 Å². The largest absolute Gasteiger partial charge is 0.416 e. The van der Waals surface area contributed by atoms with Gasteiger partial charge < -0.3 is 9.88 Å². The Morgan fingerprint density at radius 2 is 1.87 bits per heavy atom. The summed E-state index contributed by atoms with van der Waals surface area (Å²) < 4.78 is 53.3. The number of aromatic nitrogens is 3. The van der Waals surface area contributed by atoms with Crippen LogP contribution in [-0.2, 0) is 6.18 Å². The van der Waals surface area contributed by atoms with E-state index in [-0.39, 0.29) is 12.3 Å². The molecular formula is C20H16BF4N5. The van der Waals surface area contributed by atoms with Gasteiger partial charge in [-0.05, 0) is 30.8 Å². The molecule has 1 aliphatic heterocycles. The van der Waals surface area contributed by atoms with Gasteiger partial charge in [0.05, 0.1) is 17.0 Å². The molecule has 10 heteroatoms. The summed E-state index contributed by atoms with van der Waals surface area (Å²) in [4.78, 5) is 13.2. The number of hydrogen-bond donors (Lipinski definition) is 1. The van der Waals surface area contributed by atoms with Gasteiger partial charge in [0.1, 0.15) is 0 Å². The van der Waals surface area contributed by atoms with E-state index in [9.17, 15) is 17.6 Å². The quantitative estimate of drug-likeness (QED) is 0.385. The molecule has 1 aliphatic rings. The zero-order valence-corrected chi connectivity index (χ0v) is 15.7. The fraction of sp³-hybridized carbons (Fsp3) is 0.250. The molecule has 3 aromatic rings. The second kappa shape index (κ2) is 7.82. The zero-order chi connectivity index (χ0) is 21.3. The van der Waals surface area contributed by atoms with Gasteiger partial charge in [-0.25, -0.2) is 15.2 Å². The van der Waals surface area contributed by atoms with Crippen molar-refractivity contribution in [2.75, 3.05) is 18.0 Å². The van der Waals surface area contributed by atoms with E-state index >= 15 is 0 Å². The number of hydrogen-bond acceptors (Lipinski definition) is 4. The SMILES string of the molecule is N#CB1CCN(c2nc(-c3cccc(C(F)(F)F)c3)c(-c3ccnc(F)c3)[nH]2)CC1. The van der Waals surface area contributed by atoms with E-state index in [1.165, 1.54) is 24.4 Å². The van der Waals surface area contributed by atoms with Gasteiger partial charge in [0, 0.05) is 42.4 Å². The Morgan fingerprint density at radius 1 is 1.10 bits per heavy atom. The Hall–Kier alpha value is -3.35. The van der Waals surface area contributed by atoms with E-state index in [2.05, 4.69) is 20.9 Å². The van der Waals surface area contributed by atoms with Crippen LogP contribution in [0.1, 0.15) is 5.56 Å². The summed E-state index contributed by atoms with van der Waals surface area (Å²) in [7, 11) is 0. The molecular weight excluding hydrogens is 397 g/mol. The molecule has 30 heavy (non-hydrogen) atoms. The Bertz CT molecular complexity index is 1100. The molecule has 3 heterocycles. The number of H-pyrrole nitrogens is 1. The van der Waals surface area contributed by atoms with E-state index in [1.54, 1.807) is 6.07 Å². The number of rotatable bonds is 3. The Labute approximate surface area is 170 Å². The highest BCUT2D eigenvalue weighted by Gasteiger charge is 2.31. The van der Waals surface area contributed by atoms with Gasteiger partial charge in [0.15, 0.2) is 0 Å². The zero-order valence-electron chi connectivity index (χ0n) is 15.7. The molecule has 2 aromatic heterocycles. The second-order valence-electron chi connectivity index (χ2n) is 7.12. The van der Waals surface area contributed by atoms with Gasteiger partial charge in [0.2, 0.25) is 11.9 Å². The Kier molecular flexibility index (Phi) is 5.20. The molecule has 0 spiro atoms. The fourth-order valence-electron chi connectivity index (χ4n) is 3.55. The molecule has 1 saturated heterocycles. The minimum Gasteiger partial charge on any atom is -0.344 e. The average Bonchev–Trinajstić information content (AvgIpc) is 3.19. The first-order valence-corrected chi connectivity index (χ1v) is 9.39. The molecule has 1 aromatic carbocycles. The summed E-state index contributed by atoms with van der Waals surface area (Å²) >= 11 is 0. The molecule has 152 valence electrons. The third-order valence-electron chi connectivity index (χ3n) is 5.15. The molecule has 0 unspecified atom stereocenters. The maximum absolute atomic E-state index is 13.7. The van der Waals surface area contributed by atoms with Crippen molar-refractivity contribution in [1.29, 1.82) is 5.26 Å². The lowest BCUT2D eigenvalue weighted by atomic mass is 9.45. The van der Waals surface area contributed by atoms with Crippen LogP contribution in [0.5, 0.6) is 0 Å². The molecule has 1 fully saturated rings. The van der Waals surface area contributed by atoms with Crippen LogP contribution >= 0.6 is 0 Å². The van der Waals surface area contributed by atoms with Crippen LogP contribution in [0.4, 0.5) is 23.5 Å². The molecule has 4 rings (SSSR count). The highest BCUT2D eigenvalue weighted by atomic mass is 19.4. The molecule has 0 radical (unpaired) electrons. The Morgan fingerprint density at radius 3 is 2.53 bits per heavy atom. The molecule has 0 saturated carbocycles. The van der Waals surface area contributed by atoms with E-state index in [0.29, 0.717) is 48.6 Å². The first-order valence-electron chi connectivity index (χ1n) is 9.39. The van der Waals surface area contributed by atoms with E-state index < -0.39 is 17.7 Å². The lowest BCUT2D eigenvalue weighted by molar-refractivity contribution is -0.137. The number of halogens is 4. The van der Waals surface area contributed by atoms with Gasteiger partial charge >= 0.3 is 6.18 Å². The van der Waals surface area contributed by atoms with Crippen molar-refractivity contribution in [2.24, 2.45) is 0 Å². The van der Waals surface area contributed by atoms with Crippen molar-refractivity contribution in [3.63, 3.8) is 0 Å². The number of aromatic amines is 1. The average molecular weight is 413 g/mol. The summed E-state index contributed by atoms with van der Waals surface area (Å²) in [5.74, 6) is 2.04. The molecule has 0 amide bonds. The fourth-order valence-corrected chi connectivity index (χ4v) is 3.55. The summed E-state index contributed by atoms with van der Waals surface area (Å²) in [5.41, 5.74) is 0.621. The monoisotopic (exact) mass is 413 g/mol. The predicted octanol–water partition coefficient (Wildman–Crippen LogP) is 4.67. The van der Waals surface area contributed by atoms with Crippen molar-refractivity contribution >= 4 is 12.7 Å². The molecule has 1 N–H and O–H groups in total. The number of imidazole rings is 1. The predicted molar refractivity (Wildman–Crippen MR) is 105 cm³/mol. The van der Waals surface area contributed by atoms with Crippen LogP contribution < -0.4 is 4.90 Å². The van der Waals surface area contributed by atoms with Crippen molar-refractivity contribution in [1.82, 2.24) is 15.0 Å². The summed E-state index contributed by atoms with van der Waals surface area (Å²) in [5, 5.41) is 9.09. The van der Waals surface area contributed by atoms with Crippen LogP contribution in [0.3, 0.4) is 0 Å². The molecule has 5 nitrogen and oxygen atoms in total. The van der Waals surface area contributed by atoms with Gasteiger partial charge in [0.25, 0.3) is 6.71 Å². The first-order chi connectivity index (χ1) is 14.3. The maximum atomic E-state index is 13.7. The van der Waals surface area contributed by atoms with E-state index in [0.717, 1.165) is 12.1 Å². The van der Waals surface area contributed by atoms with Gasteiger partial charge in [-0.3, -0.25) is 0 Å². The molecule has 0 bridgehead atoms. The number of pyridine rings is 1. The maximum Gasteiger partial charge on any atom is 0.416 e. The number of anilines is 1. The van der Waals surface area contributed by atoms with Crippen molar-refractivity contribution in [3.8, 4) is 28.5 Å². The topological polar surface area (TPSA) is 68.6 Å². The first kappa shape index (κ1) is 19.9. The van der Waals surface area contributed by atoms with Crippen LogP contribution in [0, 0.1) is 17.2 Å². The standard InChI is InChI=1S/C20H16BF4N5/c22-16-11-14(4-7-27-16)18-17(13-2-1-3-15(10-13)20(23,24)25)28-19(29-18)30-8-5-21(12-26)6-9-30/h1-4,7,10-11H,5-6,8-9H2,(H,28,29). The van der Waals surface area contributed by atoms with Crippen LogP contribution in [-0.4, -0.2) is 34.8 Å². The minimum atomic E-state index is -4.49. The van der Waals surface area contributed by atoms with Gasteiger partial charge in [-0.1, -0.05) is 12.1 Å². The highest BCUT2D eigenvalue weighted by Crippen LogP contribution is 2.36. The normalized spacial score (nSPS) is 14.6. The van der Waals surface area contributed by atoms with Crippen LogP contribution in [0.15, 0.2) is 42.6 Å². The van der Waals surface area contributed by atoms with Crippen molar-refractivity contribution < 1.29 is 17.6 Å². The number of alkyl halides is 3. The minimum absolute atomic E-state index is 0.0205. The van der Waals surface area contributed by atoms with E-state index in [4.69, 9.17) is 5.26 Å². The third kappa shape index (κ3) is 4.01. The number of nitriles is 1. The number of nitrogens with zero attached hydrogens (tertiary/aromatic N) is 4. The van der Waals surface area contributed by atoms with Crippen LogP contribution in [0.25, 0.3) is 22.5 Å². The van der Waals surface area contributed by atoms with Crippen molar-refractivity contribution in [2.45, 2.75) is 18.8 Å². The summed E-state index contributed by atoms with van der Waals surface area (Å²) in [6, 6.07) is 7.66. The molecule has 0 aliphatic carbocycles. The summed E-state index contributed by atoms with van der Waals surface area (Å²) in [6.07, 6.45) is -1.85. The van der Waals surface area contributed by atoms with E-state index in [1.807, 2.05) is 4.90 Å².